The molecule has 0 aliphatic rings. The number of hydrogen-bond donors (Lipinski definition) is 1. The van der Waals surface area contributed by atoms with Crippen LogP contribution in [0.15, 0.2) is 4.99 Å². The van der Waals surface area contributed by atoms with E-state index in [2.05, 4.69) is 31.1 Å². The standard InChI is InChI=1S/C8H18N2/c1-6-8(3,4)10-7(2)9-5/h6H2,1-5H3,(H,9,10). The summed E-state index contributed by atoms with van der Waals surface area (Å²) in [5, 5.41) is 3.31. The summed E-state index contributed by atoms with van der Waals surface area (Å²) in [5.41, 5.74) is 0.184. The third-order valence-corrected chi connectivity index (χ3v) is 1.74. The fraction of sp³-hybridized carbons (Fsp3) is 0.875. The molecular weight excluding hydrogens is 124 g/mol. The highest BCUT2D eigenvalue weighted by Gasteiger charge is 2.13. The Morgan fingerprint density at radius 3 is 2.30 bits per heavy atom. The second-order valence-electron chi connectivity index (χ2n) is 3.17. The van der Waals surface area contributed by atoms with E-state index in [1.54, 1.807) is 7.05 Å². The maximum atomic E-state index is 4.03. The van der Waals surface area contributed by atoms with Gasteiger partial charge in [0, 0.05) is 12.6 Å². The van der Waals surface area contributed by atoms with Crippen LogP contribution in [0.1, 0.15) is 34.1 Å². The molecule has 0 saturated heterocycles. The average molecular weight is 142 g/mol. The Morgan fingerprint density at radius 2 is 2.00 bits per heavy atom. The van der Waals surface area contributed by atoms with Crippen LogP contribution >= 0.6 is 0 Å². The Kier molecular flexibility index (Phi) is 3.40. The maximum absolute atomic E-state index is 4.03. The monoisotopic (exact) mass is 142 g/mol. The van der Waals surface area contributed by atoms with Crippen molar-refractivity contribution < 1.29 is 0 Å². The van der Waals surface area contributed by atoms with Gasteiger partial charge in [-0.1, -0.05) is 6.92 Å². The van der Waals surface area contributed by atoms with E-state index in [-0.39, 0.29) is 5.54 Å². The summed E-state index contributed by atoms with van der Waals surface area (Å²) in [6.45, 7) is 8.48. The van der Waals surface area contributed by atoms with Gasteiger partial charge in [0.15, 0.2) is 0 Å². The highest BCUT2D eigenvalue weighted by atomic mass is 15.0. The van der Waals surface area contributed by atoms with Crippen LogP contribution < -0.4 is 5.32 Å². The smallest absolute Gasteiger partial charge is 0.0932 e. The predicted molar refractivity (Wildman–Crippen MR) is 46.5 cm³/mol. The molecule has 0 saturated carbocycles. The van der Waals surface area contributed by atoms with E-state index >= 15 is 0 Å². The Morgan fingerprint density at radius 1 is 1.50 bits per heavy atom. The summed E-state index contributed by atoms with van der Waals surface area (Å²) >= 11 is 0. The van der Waals surface area contributed by atoms with Gasteiger partial charge >= 0.3 is 0 Å². The molecular formula is C8H18N2. The first-order valence-corrected chi connectivity index (χ1v) is 3.73. The highest BCUT2D eigenvalue weighted by Crippen LogP contribution is 2.05. The summed E-state index contributed by atoms with van der Waals surface area (Å²) in [5.74, 6) is 1.01. The first-order chi connectivity index (χ1) is 4.52. The van der Waals surface area contributed by atoms with E-state index in [1.807, 2.05) is 6.92 Å². The zero-order chi connectivity index (χ0) is 8.20. The largest absolute Gasteiger partial charge is 0.369 e. The van der Waals surface area contributed by atoms with Gasteiger partial charge in [0.2, 0.25) is 0 Å². The van der Waals surface area contributed by atoms with Gasteiger partial charge in [0.1, 0.15) is 0 Å². The molecule has 0 rings (SSSR count). The van der Waals surface area contributed by atoms with Gasteiger partial charge in [-0.05, 0) is 27.2 Å². The summed E-state index contributed by atoms with van der Waals surface area (Å²) in [4.78, 5) is 4.03. The number of nitrogens with one attached hydrogen (secondary N) is 1. The van der Waals surface area contributed by atoms with Crippen LogP contribution in [0.4, 0.5) is 0 Å². The molecule has 10 heavy (non-hydrogen) atoms. The molecule has 0 atom stereocenters. The Hall–Kier alpha value is -0.530. The van der Waals surface area contributed by atoms with E-state index in [1.165, 1.54) is 0 Å². The number of nitrogens with zero attached hydrogens (tertiary/aromatic N) is 1. The molecule has 1 N–H and O–H groups in total. The zero-order valence-electron chi connectivity index (χ0n) is 7.65. The van der Waals surface area contributed by atoms with E-state index in [4.69, 9.17) is 0 Å². The van der Waals surface area contributed by atoms with Crippen LogP contribution in [0, 0.1) is 0 Å². The summed E-state index contributed by atoms with van der Waals surface area (Å²) in [6, 6.07) is 0. The van der Waals surface area contributed by atoms with Gasteiger partial charge in [-0.15, -0.1) is 0 Å². The Labute approximate surface area is 63.7 Å². The number of hydrogen-bond acceptors (Lipinski definition) is 1. The lowest BCUT2D eigenvalue weighted by atomic mass is 10.0. The molecule has 0 radical (unpaired) electrons. The third kappa shape index (κ3) is 3.49. The van der Waals surface area contributed by atoms with Crippen molar-refractivity contribution in [2.75, 3.05) is 7.05 Å². The number of aliphatic imine (C=N–C) groups is 1. The van der Waals surface area contributed by atoms with Crippen molar-refractivity contribution >= 4 is 5.84 Å². The van der Waals surface area contributed by atoms with Crippen molar-refractivity contribution in [2.24, 2.45) is 4.99 Å². The van der Waals surface area contributed by atoms with Gasteiger partial charge < -0.3 is 5.32 Å². The van der Waals surface area contributed by atoms with E-state index < -0.39 is 0 Å². The van der Waals surface area contributed by atoms with Crippen molar-refractivity contribution in [3.05, 3.63) is 0 Å². The van der Waals surface area contributed by atoms with E-state index in [9.17, 15) is 0 Å². The number of amidine groups is 1. The molecule has 60 valence electrons. The van der Waals surface area contributed by atoms with Crippen molar-refractivity contribution in [1.82, 2.24) is 5.32 Å². The van der Waals surface area contributed by atoms with Gasteiger partial charge in [-0.3, -0.25) is 4.99 Å². The van der Waals surface area contributed by atoms with Gasteiger partial charge in [-0.2, -0.15) is 0 Å². The lowest BCUT2D eigenvalue weighted by Gasteiger charge is -2.25. The minimum Gasteiger partial charge on any atom is -0.369 e. The third-order valence-electron chi connectivity index (χ3n) is 1.74. The molecule has 0 aliphatic carbocycles. The molecule has 0 aromatic rings. The second-order valence-corrected chi connectivity index (χ2v) is 3.17. The Balaban J connectivity index is 3.88. The quantitative estimate of drug-likeness (QED) is 0.461. The van der Waals surface area contributed by atoms with Crippen LogP contribution in [-0.4, -0.2) is 18.4 Å². The molecule has 2 heteroatoms. The van der Waals surface area contributed by atoms with Gasteiger partial charge in [-0.25, -0.2) is 0 Å². The van der Waals surface area contributed by atoms with Crippen molar-refractivity contribution in [3.63, 3.8) is 0 Å². The highest BCUT2D eigenvalue weighted by molar-refractivity contribution is 5.79. The maximum Gasteiger partial charge on any atom is 0.0932 e. The molecule has 0 unspecified atom stereocenters. The summed E-state index contributed by atoms with van der Waals surface area (Å²) in [7, 11) is 1.80. The van der Waals surface area contributed by atoms with Crippen molar-refractivity contribution in [2.45, 2.75) is 39.7 Å². The van der Waals surface area contributed by atoms with E-state index in [0.29, 0.717) is 0 Å². The van der Waals surface area contributed by atoms with Crippen LogP contribution in [0.2, 0.25) is 0 Å². The first-order valence-electron chi connectivity index (χ1n) is 3.73. The molecule has 0 spiro atoms. The minimum absolute atomic E-state index is 0.184. The average Bonchev–Trinajstić information content (AvgIpc) is 1.87. The molecule has 0 fully saturated rings. The van der Waals surface area contributed by atoms with Crippen molar-refractivity contribution in [3.8, 4) is 0 Å². The minimum atomic E-state index is 0.184. The van der Waals surface area contributed by atoms with Crippen LogP contribution in [0.3, 0.4) is 0 Å². The first kappa shape index (κ1) is 9.47. The Bertz CT molecular complexity index is 125. The van der Waals surface area contributed by atoms with Crippen LogP contribution in [0.5, 0.6) is 0 Å². The van der Waals surface area contributed by atoms with Crippen LogP contribution in [0.25, 0.3) is 0 Å². The molecule has 0 heterocycles. The molecule has 0 aromatic heterocycles. The molecule has 0 aromatic carbocycles. The second kappa shape index (κ2) is 3.59. The summed E-state index contributed by atoms with van der Waals surface area (Å²) in [6.07, 6.45) is 1.11. The SMILES string of the molecule is CCC(C)(C)NC(C)=NC. The fourth-order valence-electron chi connectivity index (χ4n) is 0.634. The van der Waals surface area contributed by atoms with Crippen LogP contribution in [-0.2, 0) is 0 Å². The van der Waals surface area contributed by atoms with E-state index in [0.717, 1.165) is 12.3 Å². The van der Waals surface area contributed by atoms with Gasteiger partial charge in [0.25, 0.3) is 0 Å². The molecule has 2 nitrogen and oxygen atoms in total. The lowest BCUT2D eigenvalue weighted by Crippen LogP contribution is -2.41. The topological polar surface area (TPSA) is 24.4 Å². The van der Waals surface area contributed by atoms with Crippen molar-refractivity contribution in [1.29, 1.82) is 0 Å². The molecule has 0 amide bonds. The van der Waals surface area contributed by atoms with Gasteiger partial charge in [0.05, 0.1) is 5.84 Å². The molecule has 0 bridgehead atoms. The zero-order valence-corrected chi connectivity index (χ0v) is 7.65. The normalized spacial score (nSPS) is 13.5. The summed E-state index contributed by atoms with van der Waals surface area (Å²) < 4.78 is 0. The fourth-order valence-corrected chi connectivity index (χ4v) is 0.634. The lowest BCUT2D eigenvalue weighted by molar-refractivity contribution is 0.444. The number of rotatable bonds is 2. The predicted octanol–water partition coefficient (Wildman–Crippen LogP) is 1.81. The molecule has 0 aliphatic heterocycles.